The zero-order valence-corrected chi connectivity index (χ0v) is 14.1. The van der Waals surface area contributed by atoms with Crippen molar-refractivity contribution in [3.8, 4) is 0 Å². The number of nitrogens with one attached hydrogen (secondary N) is 1. The zero-order valence-electron chi connectivity index (χ0n) is 14.1. The maximum absolute atomic E-state index is 3.58. The van der Waals surface area contributed by atoms with Gasteiger partial charge in [-0.2, -0.15) is 0 Å². The molecule has 0 spiro atoms. The number of likely N-dealkylation sites (tertiary alicyclic amines) is 1. The Morgan fingerprint density at radius 2 is 1.71 bits per heavy atom. The number of hydrogen-bond donors (Lipinski definition) is 1. The molecule has 2 rings (SSSR count). The molecule has 1 saturated heterocycles. The van der Waals surface area contributed by atoms with E-state index in [0.29, 0.717) is 6.04 Å². The van der Waals surface area contributed by atoms with Crippen LogP contribution in [0.15, 0.2) is 24.3 Å². The van der Waals surface area contributed by atoms with Crippen molar-refractivity contribution in [2.45, 2.75) is 59.0 Å². The van der Waals surface area contributed by atoms with E-state index in [4.69, 9.17) is 0 Å². The van der Waals surface area contributed by atoms with Crippen LogP contribution >= 0.6 is 0 Å². The van der Waals surface area contributed by atoms with Crippen LogP contribution in [0.1, 0.15) is 51.2 Å². The van der Waals surface area contributed by atoms with Crippen LogP contribution < -0.4 is 5.32 Å². The van der Waals surface area contributed by atoms with Crippen LogP contribution in [0.25, 0.3) is 0 Å². The quantitative estimate of drug-likeness (QED) is 0.820. The molecule has 0 saturated carbocycles. The van der Waals surface area contributed by atoms with Gasteiger partial charge in [-0.1, -0.05) is 51.5 Å². The van der Waals surface area contributed by atoms with Crippen molar-refractivity contribution in [2.75, 3.05) is 19.6 Å². The lowest BCUT2D eigenvalue weighted by Crippen LogP contribution is -2.38. The van der Waals surface area contributed by atoms with Crippen molar-refractivity contribution in [3.63, 3.8) is 0 Å². The summed E-state index contributed by atoms with van der Waals surface area (Å²) in [6, 6.07) is 9.86. The van der Waals surface area contributed by atoms with Crippen molar-refractivity contribution in [1.82, 2.24) is 10.2 Å². The van der Waals surface area contributed by atoms with Crippen LogP contribution in [0, 0.1) is 5.92 Å². The van der Waals surface area contributed by atoms with E-state index in [1.807, 2.05) is 0 Å². The standard InChI is InChI=1S/C19H32N2/c1-4-5-17-6-8-19(9-7-17)15-21-12-10-18(11-13-21)14-20-16(2)3/h6-9,16,18,20H,4-5,10-15H2,1-3H3. The summed E-state index contributed by atoms with van der Waals surface area (Å²) in [5.74, 6) is 0.871. The van der Waals surface area contributed by atoms with Gasteiger partial charge in [0.15, 0.2) is 0 Å². The summed E-state index contributed by atoms with van der Waals surface area (Å²) in [7, 11) is 0. The lowest BCUT2D eigenvalue weighted by molar-refractivity contribution is 0.174. The van der Waals surface area contributed by atoms with Gasteiger partial charge in [-0.15, -0.1) is 0 Å². The first-order chi connectivity index (χ1) is 10.2. The number of hydrogen-bond acceptors (Lipinski definition) is 2. The molecule has 1 aliphatic rings. The molecule has 1 N–H and O–H groups in total. The predicted molar refractivity (Wildman–Crippen MR) is 91.6 cm³/mol. The Morgan fingerprint density at radius 3 is 2.29 bits per heavy atom. The Hall–Kier alpha value is -0.860. The summed E-state index contributed by atoms with van der Waals surface area (Å²) < 4.78 is 0. The maximum atomic E-state index is 3.58. The van der Waals surface area contributed by atoms with Crippen LogP contribution in [0.3, 0.4) is 0 Å². The lowest BCUT2D eigenvalue weighted by Gasteiger charge is -2.32. The summed E-state index contributed by atoms with van der Waals surface area (Å²) >= 11 is 0. The smallest absolute Gasteiger partial charge is 0.0233 e. The molecule has 2 heteroatoms. The number of benzene rings is 1. The summed E-state index contributed by atoms with van der Waals surface area (Å²) in [4.78, 5) is 2.61. The molecule has 1 fully saturated rings. The van der Waals surface area contributed by atoms with Gasteiger partial charge >= 0.3 is 0 Å². The Balaban J connectivity index is 1.72. The maximum Gasteiger partial charge on any atom is 0.0233 e. The fourth-order valence-corrected chi connectivity index (χ4v) is 3.11. The van der Waals surface area contributed by atoms with E-state index in [1.54, 1.807) is 0 Å². The second-order valence-electron chi connectivity index (χ2n) is 6.85. The largest absolute Gasteiger partial charge is 0.314 e. The van der Waals surface area contributed by atoms with Crippen LogP contribution in [0.5, 0.6) is 0 Å². The van der Waals surface area contributed by atoms with Gasteiger partial charge < -0.3 is 5.32 Å². The van der Waals surface area contributed by atoms with Gasteiger partial charge in [-0.05, 0) is 55.9 Å². The van der Waals surface area contributed by atoms with Gasteiger partial charge in [0.25, 0.3) is 0 Å². The Morgan fingerprint density at radius 1 is 1.10 bits per heavy atom. The molecule has 118 valence electrons. The molecule has 0 unspecified atom stereocenters. The van der Waals surface area contributed by atoms with Crippen LogP contribution in [-0.4, -0.2) is 30.6 Å². The predicted octanol–water partition coefficient (Wildman–Crippen LogP) is 3.85. The van der Waals surface area contributed by atoms with Crippen molar-refractivity contribution in [3.05, 3.63) is 35.4 Å². The normalized spacial score (nSPS) is 17.5. The summed E-state index contributed by atoms with van der Waals surface area (Å²) in [6.45, 7) is 11.5. The minimum Gasteiger partial charge on any atom is -0.314 e. The Kier molecular flexibility index (Phi) is 6.72. The van der Waals surface area contributed by atoms with Gasteiger partial charge in [0.1, 0.15) is 0 Å². The molecular weight excluding hydrogens is 256 g/mol. The molecule has 0 aromatic heterocycles. The number of rotatable bonds is 7. The molecular formula is C19H32N2. The average molecular weight is 288 g/mol. The fourth-order valence-electron chi connectivity index (χ4n) is 3.11. The van der Waals surface area contributed by atoms with Crippen LogP contribution in [0.2, 0.25) is 0 Å². The molecule has 1 aromatic rings. The van der Waals surface area contributed by atoms with Gasteiger partial charge in [0.2, 0.25) is 0 Å². The van der Waals surface area contributed by atoms with Gasteiger partial charge in [-0.3, -0.25) is 4.90 Å². The lowest BCUT2D eigenvalue weighted by atomic mass is 9.96. The van der Waals surface area contributed by atoms with E-state index in [9.17, 15) is 0 Å². The molecule has 0 bridgehead atoms. The minimum absolute atomic E-state index is 0.615. The van der Waals surface area contributed by atoms with E-state index in [2.05, 4.69) is 55.3 Å². The van der Waals surface area contributed by atoms with Crippen LogP contribution in [-0.2, 0) is 13.0 Å². The molecule has 21 heavy (non-hydrogen) atoms. The highest BCUT2D eigenvalue weighted by atomic mass is 15.1. The molecule has 0 amide bonds. The average Bonchev–Trinajstić information content (AvgIpc) is 2.49. The highest BCUT2D eigenvalue weighted by molar-refractivity contribution is 5.22. The van der Waals surface area contributed by atoms with Crippen molar-refractivity contribution >= 4 is 0 Å². The first-order valence-corrected chi connectivity index (χ1v) is 8.71. The van der Waals surface area contributed by atoms with Crippen LogP contribution in [0.4, 0.5) is 0 Å². The molecule has 2 nitrogen and oxygen atoms in total. The minimum atomic E-state index is 0.615. The molecule has 1 aromatic carbocycles. The Bertz CT molecular complexity index is 389. The highest BCUT2D eigenvalue weighted by Gasteiger charge is 2.19. The summed E-state index contributed by atoms with van der Waals surface area (Å²) in [6.07, 6.45) is 5.12. The van der Waals surface area contributed by atoms with E-state index >= 15 is 0 Å². The van der Waals surface area contributed by atoms with Crippen molar-refractivity contribution < 1.29 is 0 Å². The Labute approximate surface area is 130 Å². The first-order valence-electron chi connectivity index (χ1n) is 8.71. The third kappa shape index (κ3) is 5.80. The fraction of sp³-hybridized carbons (Fsp3) is 0.684. The van der Waals surface area contributed by atoms with Gasteiger partial charge in [0, 0.05) is 12.6 Å². The van der Waals surface area contributed by atoms with E-state index < -0.39 is 0 Å². The van der Waals surface area contributed by atoms with E-state index in [1.165, 1.54) is 56.4 Å². The summed E-state index contributed by atoms with van der Waals surface area (Å²) in [5, 5.41) is 3.58. The van der Waals surface area contributed by atoms with Crippen molar-refractivity contribution in [1.29, 1.82) is 0 Å². The molecule has 0 radical (unpaired) electrons. The SMILES string of the molecule is CCCc1ccc(CN2CCC(CNC(C)C)CC2)cc1. The van der Waals surface area contributed by atoms with Crippen molar-refractivity contribution in [2.24, 2.45) is 5.92 Å². The second kappa shape index (κ2) is 8.55. The third-order valence-corrected chi connectivity index (χ3v) is 4.49. The van der Waals surface area contributed by atoms with Gasteiger partial charge in [-0.25, -0.2) is 0 Å². The van der Waals surface area contributed by atoms with E-state index in [0.717, 1.165) is 12.5 Å². The topological polar surface area (TPSA) is 15.3 Å². The molecule has 1 heterocycles. The van der Waals surface area contributed by atoms with E-state index in [-0.39, 0.29) is 0 Å². The number of aryl methyl sites for hydroxylation is 1. The zero-order chi connectivity index (χ0) is 15.1. The number of nitrogens with zero attached hydrogens (tertiary/aromatic N) is 1. The first kappa shape index (κ1) is 16.5. The summed E-state index contributed by atoms with van der Waals surface area (Å²) in [5.41, 5.74) is 2.94. The third-order valence-electron chi connectivity index (χ3n) is 4.49. The monoisotopic (exact) mass is 288 g/mol. The van der Waals surface area contributed by atoms with Gasteiger partial charge in [0.05, 0.1) is 0 Å². The highest BCUT2D eigenvalue weighted by Crippen LogP contribution is 2.19. The number of piperidine rings is 1. The molecule has 1 aliphatic heterocycles. The second-order valence-corrected chi connectivity index (χ2v) is 6.85. The molecule has 0 atom stereocenters. The molecule has 0 aliphatic carbocycles.